The van der Waals surface area contributed by atoms with Crippen molar-refractivity contribution in [2.24, 2.45) is 0 Å². The second-order valence-electron chi connectivity index (χ2n) is 5.95. The maximum Gasteiger partial charge on any atom is 0.322 e. The zero-order valence-corrected chi connectivity index (χ0v) is 13.6. The highest BCUT2D eigenvalue weighted by molar-refractivity contribution is 5.94. The van der Waals surface area contributed by atoms with Crippen LogP contribution in [-0.2, 0) is 6.42 Å². The third-order valence-electron chi connectivity index (χ3n) is 4.09. The number of nitrogens with zero attached hydrogens (tertiary/aromatic N) is 1. The summed E-state index contributed by atoms with van der Waals surface area (Å²) < 4.78 is 5.64. The van der Waals surface area contributed by atoms with E-state index < -0.39 is 0 Å². The van der Waals surface area contributed by atoms with Crippen LogP contribution in [0.25, 0.3) is 0 Å². The molecule has 0 fully saturated rings. The Morgan fingerprint density at radius 2 is 1.96 bits per heavy atom. The summed E-state index contributed by atoms with van der Waals surface area (Å²) in [5.41, 5.74) is 3.44. The average molecular weight is 310 g/mol. The van der Waals surface area contributed by atoms with Gasteiger partial charge in [-0.25, -0.2) is 4.79 Å². The monoisotopic (exact) mass is 310 g/mol. The van der Waals surface area contributed by atoms with E-state index in [-0.39, 0.29) is 12.1 Å². The number of amides is 2. The third-order valence-corrected chi connectivity index (χ3v) is 4.09. The van der Waals surface area contributed by atoms with Crippen LogP contribution in [0.4, 0.5) is 10.5 Å². The van der Waals surface area contributed by atoms with Crippen molar-refractivity contribution in [2.75, 3.05) is 18.1 Å². The fraction of sp³-hybridized carbons (Fsp3) is 0.316. The van der Waals surface area contributed by atoms with Crippen LogP contribution < -0.4 is 15.0 Å². The van der Waals surface area contributed by atoms with E-state index in [0.29, 0.717) is 13.2 Å². The molecule has 2 aromatic rings. The minimum Gasteiger partial charge on any atom is -0.492 e. The van der Waals surface area contributed by atoms with E-state index >= 15 is 0 Å². The first-order chi connectivity index (χ1) is 11.1. The molecule has 1 unspecified atom stereocenters. The predicted molar refractivity (Wildman–Crippen MR) is 92.2 cm³/mol. The SMILES string of the molecule is Cc1ccc(OCCNC(=O)N2c3ccccc3CC2C)cc1. The number of carbonyl (C=O) groups excluding carboxylic acids is 1. The number of urea groups is 1. The Kier molecular flexibility index (Phi) is 4.51. The van der Waals surface area contributed by atoms with Gasteiger partial charge in [0.15, 0.2) is 0 Å². The molecule has 0 radical (unpaired) electrons. The van der Waals surface area contributed by atoms with E-state index in [1.165, 1.54) is 11.1 Å². The molecule has 1 N–H and O–H groups in total. The number of aryl methyl sites for hydroxylation is 1. The van der Waals surface area contributed by atoms with Crippen LogP contribution in [0.5, 0.6) is 5.75 Å². The van der Waals surface area contributed by atoms with Crippen LogP contribution in [0, 0.1) is 6.92 Å². The topological polar surface area (TPSA) is 41.6 Å². The molecule has 120 valence electrons. The van der Waals surface area contributed by atoms with Crippen molar-refractivity contribution < 1.29 is 9.53 Å². The minimum atomic E-state index is -0.0602. The Balaban J connectivity index is 1.51. The Morgan fingerprint density at radius 1 is 1.22 bits per heavy atom. The lowest BCUT2D eigenvalue weighted by molar-refractivity contribution is 0.240. The number of rotatable bonds is 4. The number of benzene rings is 2. The number of carbonyl (C=O) groups is 1. The second kappa shape index (κ2) is 6.73. The van der Waals surface area contributed by atoms with Crippen molar-refractivity contribution in [1.82, 2.24) is 5.32 Å². The van der Waals surface area contributed by atoms with Crippen LogP contribution in [0.15, 0.2) is 48.5 Å². The molecule has 2 amide bonds. The lowest BCUT2D eigenvalue weighted by Crippen LogP contribution is -2.44. The minimum absolute atomic E-state index is 0.0602. The van der Waals surface area contributed by atoms with Crippen LogP contribution in [0.1, 0.15) is 18.1 Å². The van der Waals surface area contributed by atoms with Gasteiger partial charge in [-0.2, -0.15) is 0 Å². The lowest BCUT2D eigenvalue weighted by Gasteiger charge is -2.23. The molecule has 2 aromatic carbocycles. The molecule has 0 saturated heterocycles. The molecule has 0 bridgehead atoms. The number of ether oxygens (including phenoxy) is 1. The number of nitrogens with one attached hydrogen (secondary N) is 1. The normalized spacial score (nSPS) is 16.1. The molecule has 23 heavy (non-hydrogen) atoms. The van der Waals surface area contributed by atoms with Crippen molar-refractivity contribution in [2.45, 2.75) is 26.3 Å². The van der Waals surface area contributed by atoms with Crippen LogP contribution in [-0.4, -0.2) is 25.2 Å². The summed E-state index contributed by atoms with van der Waals surface area (Å²) in [6, 6.07) is 16.1. The molecule has 1 aliphatic rings. The first-order valence-electron chi connectivity index (χ1n) is 7.99. The van der Waals surface area contributed by atoms with Gasteiger partial charge < -0.3 is 10.1 Å². The Bertz CT molecular complexity index is 682. The van der Waals surface area contributed by atoms with Crippen molar-refractivity contribution >= 4 is 11.7 Å². The van der Waals surface area contributed by atoms with Crippen molar-refractivity contribution in [3.05, 3.63) is 59.7 Å². The van der Waals surface area contributed by atoms with Gasteiger partial charge in [0.2, 0.25) is 0 Å². The van der Waals surface area contributed by atoms with Gasteiger partial charge in [0.25, 0.3) is 0 Å². The summed E-state index contributed by atoms with van der Waals surface area (Å²) in [4.78, 5) is 14.3. The van der Waals surface area contributed by atoms with Crippen LogP contribution >= 0.6 is 0 Å². The molecule has 4 nitrogen and oxygen atoms in total. The van der Waals surface area contributed by atoms with Crippen LogP contribution in [0.3, 0.4) is 0 Å². The number of para-hydroxylation sites is 1. The number of fused-ring (bicyclic) bond motifs is 1. The summed E-state index contributed by atoms with van der Waals surface area (Å²) in [6.07, 6.45) is 0.906. The first kappa shape index (κ1) is 15.4. The smallest absolute Gasteiger partial charge is 0.322 e. The summed E-state index contributed by atoms with van der Waals surface area (Å²) >= 11 is 0. The Morgan fingerprint density at radius 3 is 2.74 bits per heavy atom. The van der Waals surface area contributed by atoms with Gasteiger partial charge in [-0.1, -0.05) is 35.9 Å². The summed E-state index contributed by atoms with van der Waals surface area (Å²) in [5, 5.41) is 2.94. The fourth-order valence-corrected chi connectivity index (χ4v) is 2.92. The molecular formula is C19H22N2O2. The van der Waals surface area contributed by atoms with E-state index in [9.17, 15) is 4.79 Å². The zero-order chi connectivity index (χ0) is 16.2. The summed E-state index contributed by atoms with van der Waals surface area (Å²) in [5.74, 6) is 0.824. The molecule has 4 heteroatoms. The molecule has 0 saturated carbocycles. The maximum absolute atomic E-state index is 12.4. The highest BCUT2D eigenvalue weighted by Crippen LogP contribution is 2.31. The van der Waals surface area contributed by atoms with Crippen LogP contribution in [0.2, 0.25) is 0 Å². The van der Waals surface area contributed by atoms with Gasteiger partial charge in [0, 0.05) is 11.7 Å². The highest BCUT2D eigenvalue weighted by Gasteiger charge is 2.30. The molecule has 0 spiro atoms. The quantitative estimate of drug-likeness (QED) is 0.878. The van der Waals surface area contributed by atoms with Crippen molar-refractivity contribution in [3.63, 3.8) is 0 Å². The summed E-state index contributed by atoms with van der Waals surface area (Å²) in [7, 11) is 0. The zero-order valence-electron chi connectivity index (χ0n) is 13.6. The van der Waals surface area contributed by atoms with Gasteiger partial charge in [-0.15, -0.1) is 0 Å². The lowest BCUT2D eigenvalue weighted by atomic mass is 10.1. The molecule has 0 aromatic heterocycles. The predicted octanol–water partition coefficient (Wildman–Crippen LogP) is 3.53. The van der Waals surface area contributed by atoms with Gasteiger partial charge in [-0.3, -0.25) is 4.90 Å². The average Bonchev–Trinajstić information content (AvgIpc) is 2.89. The Hall–Kier alpha value is -2.49. The van der Waals surface area contributed by atoms with Gasteiger partial charge in [0.1, 0.15) is 12.4 Å². The van der Waals surface area contributed by atoms with Gasteiger partial charge in [0.05, 0.1) is 6.54 Å². The maximum atomic E-state index is 12.4. The van der Waals surface area contributed by atoms with E-state index in [1.807, 2.05) is 54.3 Å². The van der Waals surface area contributed by atoms with Crippen molar-refractivity contribution in [3.8, 4) is 5.75 Å². The molecule has 1 atom stereocenters. The standard InChI is InChI=1S/C19H22N2O2/c1-14-7-9-17(10-8-14)23-12-11-20-19(22)21-15(2)13-16-5-3-4-6-18(16)21/h3-10,15H,11-13H2,1-2H3,(H,20,22). The number of anilines is 1. The van der Waals surface area contributed by atoms with Gasteiger partial charge >= 0.3 is 6.03 Å². The molecule has 0 aliphatic carbocycles. The van der Waals surface area contributed by atoms with E-state index in [2.05, 4.69) is 18.3 Å². The third kappa shape index (κ3) is 3.47. The first-order valence-corrected chi connectivity index (χ1v) is 7.99. The number of hydrogen-bond acceptors (Lipinski definition) is 2. The van der Waals surface area contributed by atoms with Gasteiger partial charge in [-0.05, 0) is 44.0 Å². The molecule has 1 aliphatic heterocycles. The molecule has 1 heterocycles. The van der Waals surface area contributed by atoms with E-state index in [1.54, 1.807) is 0 Å². The Labute approximate surface area is 137 Å². The fourth-order valence-electron chi connectivity index (χ4n) is 2.92. The van der Waals surface area contributed by atoms with E-state index in [4.69, 9.17) is 4.74 Å². The number of hydrogen-bond donors (Lipinski definition) is 1. The second-order valence-corrected chi connectivity index (χ2v) is 5.95. The molecule has 3 rings (SSSR count). The highest BCUT2D eigenvalue weighted by atomic mass is 16.5. The summed E-state index contributed by atoms with van der Waals surface area (Å²) in [6.45, 7) is 5.05. The van der Waals surface area contributed by atoms with E-state index in [0.717, 1.165) is 17.9 Å². The largest absolute Gasteiger partial charge is 0.492 e. The molecular weight excluding hydrogens is 288 g/mol. The van der Waals surface area contributed by atoms with Crippen molar-refractivity contribution in [1.29, 1.82) is 0 Å².